The predicted molar refractivity (Wildman–Crippen MR) is 113 cm³/mol. The zero-order valence-electron chi connectivity index (χ0n) is 18.1. The summed E-state index contributed by atoms with van der Waals surface area (Å²) < 4.78 is 10.6. The number of hydrogen-bond acceptors (Lipinski definition) is 7. The van der Waals surface area contributed by atoms with Gasteiger partial charge in [-0.2, -0.15) is 0 Å². The summed E-state index contributed by atoms with van der Waals surface area (Å²) in [5, 5.41) is 5.15. The molecule has 0 fully saturated rings. The number of amides is 2. The molecule has 32 heavy (non-hydrogen) atoms. The van der Waals surface area contributed by atoms with Crippen molar-refractivity contribution in [3.8, 4) is 0 Å². The predicted octanol–water partition coefficient (Wildman–Crippen LogP) is 1.98. The van der Waals surface area contributed by atoms with E-state index in [-0.39, 0.29) is 37.7 Å². The average molecular weight is 441 g/mol. The third-order valence-electron chi connectivity index (χ3n) is 5.34. The lowest BCUT2D eigenvalue weighted by atomic mass is 9.87. The number of nitrogens with one attached hydrogen (secondary N) is 2. The molecule has 2 N–H and O–H groups in total. The Morgan fingerprint density at radius 3 is 2.72 bits per heavy atom. The average Bonchev–Trinajstić information content (AvgIpc) is 3.22. The van der Waals surface area contributed by atoms with Gasteiger partial charge in [-0.3, -0.25) is 14.4 Å². The van der Waals surface area contributed by atoms with Crippen molar-refractivity contribution in [3.63, 3.8) is 0 Å². The number of ether oxygens (including phenoxy) is 1. The number of alkyl carbamates (subject to hydrolysis) is 1. The van der Waals surface area contributed by atoms with Gasteiger partial charge in [0.1, 0.15) is 12.4 Å². The zero-order valence-corrected chi connectivity index (χ0v) is 18.1. The second kappa shape index (κ2) is 10.7. The molecular formula is C23H27N3O6. The van der Waals surface area contributed by atoms with E-state index in [0.717, 1.165) is 5.56 Å². The monoisotopic (exact) mass is 441 g/mol. The van der Waals surface area contributed by atoms with Crippen LogP contribution in [0.25, 0.3) is 0 Å². The Hall–Kier alpha value is -3.49. The van der Waals surface area contributed by atoms with Crippen molar-refractivity contribution in [1.29, 1.82) is 0 Å². The number of nitrogens with zero attached hydrogens (tertiary/aromatic N) is 1. The largest absolute Gasteiger partial charge is 0.448 e. The standard InChI is InChI=1S/C23H27N3O6/c1-14(2)20(26-23(30)31-12-15-6-4-3-5-7-15)18(27)11-16-10-17-19(32-13-25-17)8-9-24-22(29)21(16)28/h3-7,13-14,16,20H,8-12H2,1-2H3,(H,24,29)(H,26,30). The topological polar surface area (TPSA) is 128 Å². The third kappa shape index (κ3) is 6.03. The summed E-state index contributed by atoms with van der Waals surface area (Å²) in [5.41, 5.74) is 1.38. The number of fused-ring (bicyclic) bond motifs is 1. The van der Waals surface area contributed by atoms with Crippen LogP contribution in [0.5, 0.6) is 0 Å². The van der Waals surface area contributed by atoms with Gasteiger partial charge in [0.25, 0.3) is 5.91 Å². The summed E-state index contributed by atoms with van der Waals surface area (Å²) in [7, 11) is 0. The van der Waals surface area contributed by atoms with Gasteiger partial charge in [0.15, 0.2) is 12.2 Å². The Morgan fingerprint density at radius 1 is 1.25 bits per heavy atom. The molecule has 3 rings (SSSR count). The van der Waals surface area contributed by atoms with Crippen LogP contribution >= 0.6 is 0 Å². The SMILES string of the molecule is CC(C)C(NC(=O)OCc1ccccc1)C(=O)CC1Cc2ncoc2CCNC(=O)C1=O. The Balaban J connectivity index is 1.66. The van der Waals surface area contributed by atoms with Gasteiger partial charge in [-0.15, -0.1) is 0 Å². The lowest BCUT2D eigenvalue weighted by Crippen LogP contribution is -2.46. The van der Waals surface area contributed by atoms with Gasteiger partial charge in [0.05, 0.1) is 11.7 Å². The van der Waals surface area contributed by atoms with Crippen LogP contribution < -0.4 is 10.6 Å². The summed E-state index contributed by atoms with van der Waals surface area (Å²) in [6, 6.07) is 8.31. The summed E-state index contributed by atoms with van der Waals surface area (Å²) >= 11 is 0. The Kier molecular flexibility index (Phi) is 7.75. The highest BCUT2D eigenvalue weighted by Crippen LogP contribution is 2.20. The number of aromatic nitrogens is 1. The summed E-state index contributed by atoms with van der Waals surface area (Å²) in [6.45, 7) is 3.89. The second-order valence-electron chi connectivity index (χ2n) is 8.09. The fourth-order valence-corrected chi connectivity index (χ4v) is 3.60. The van der Waals surface area contributed by atoms with Gasteiger partial charge in [-0.05, 0) is 11.5 Å². The fraction of sp³-hybridized carbons (Fsp3) is 0.435. The van der Waals surface area contributed by atoms with E-state index in [1.165, 1.54) is 6.39 Å². The van der Waals surface area contributed by atoms with Crippen LogP contribution in [-0.2, 0) is 38.6 Å². The molecule has 1 aromatic heterocycles. The first-order valence-corrected chi connectivity index (χ1v) is 10.6. The highest BCUT2D eigenvalue weighted by atomic mass is 16.5. The maximum atomic E-state index is 13.1. The highest BCUT2D eigenvalue weighted by molar-refractivity contribution is 6.37. The van der Waals surface area contributed by atoms with Crippen LogP contribution in [0.1, 0.15) is 37.3 Å². The minimum atomic E-state index is -0.896. The molecule has 2 heterocycles. The van der Waals surface area contributed by atoms with Gasteiger partial charge in [0.2, 0.25) is 5.78 Å². The first kappa shape index (κ1) is 23.2. The molecular weight excluding hydrogens is 414 g/mol. The summed E-state index contributed by atoms with van der Waals surface area (Å²) in [4.78, 5) is 54.3. The number of ketones is 2. The van der Waals surface area contributed by atoms with Crippen LogP contribution in [0.4, 0.5) is 4.79 Å². The number of carbonyl (C=O) groups is 4. The van der Waals surface area contributed by atoms with Gasteiger partial charge in [0, 0.05) is 31.7 Å². The first-order chi connectivity index (χ1) is 15.3. The molecule has 0 radical (unpaired) electrons. The van der Waals surface area contributed by atoms with E-state index in [9.17, 15) is 19.2 Å². The molecule has 0 spiro atoms. The fourth-order valence-electron chi connectivity index (χ4n) is 3.60. The zero-order chi connectivity index (χ0) is 23.1. The minimum absolute atomic E-state index is 0.0713. The van der Waals surface area contributed by atoms with Crippen molar-refractivity contribution in [3.05, 3.63) is 53.7 Å². The molecule has 2 unspecified atom stereocenters. The van der Waals surface area contributed by atoms with Crippen LogP contribution in [0.3, 0.4) is 0 Å². The quantitative estimate of drug-likeness (QED) is 0.629. The van der Waals surface area contributed by atoms with E-state index in [1.54, 1.807) is 13.8 Å². The van der Waals surface area contributed by atoms with Crippen LogP contribution in [0, 0.1) is 11.8 Å². The summed E-state index contributed by atoms with van der Waals surface area (Å²) in [5.74, 6) is -2.32. The van der Waals surface area contributed by atoms with Gasteiger partial charge in [-0.25, -0.2) is 9.78 Å². The molecule has 0 aliphatic carbocycles. The molecule has 2 atom stereocenters. The number of benzene rings is 1. The number of oxazole rings is 1. The van der Waals surface area contributed by atoms with Crippen molar-refractivity contribution >= 4 is 23.6 Å². The van der Waals surface area contributed by atoms with E-state index in [4.69, 9.17) is 9.15 Å². The third-order valence-corrected chi connectivity index (χ3v) is 5.34. The molecule has 1 aromatic carbocycles. The van der Waals surface area contributed by atoms with Crippen molar-refractivity contribution in [2.24, 2.45) is 11.8 Å². The van der Waals surface area contributed by atoms with Crippen molar-refractivity contribution < 1.29 is 28.3 Å². The molecule has 170 valence electrons. The van der Waals surface area contributed by atoms with Crippen LogP contribution in [0.2, 0.25) is 0 Å². The lowest BCUT2D eigenvalue weighted by Gasteiger charge is -2.23. The molecule has 2 amide bonds. The van der Waals surface area contributed by atoms with Crippen molar-refractivity contribution in [1.82, 2.24) is 15.6 Å². The van der Waals surface area contributed by atoms with E-state index >= 15 is 0 Å². The molecule has 0 saturated carbocycles. The Bertz CT molecular complexity index is 969. The Labute approximate surface area is 185 Å². The molecule has 9 heteroatoms. The van der Waals surface area contributed by atoms with E-state index in [1.807, 2.05) is 30.3 Å². The first-order valence-electron chi connectivity index (χ1n) is 10.6. The van der Waals surface area contributed by atoms with Gasteiger partial charge < -0.3 is 19.8 Å². The number of hydrogen-bond donors (Lipinski definition) is 2. The summed E-state index contributed by atoms with van der Waals surface area (Å²) in [6.07, 6.45) is 0.892. The maximum absolute atomic E-state index is 13.1. The second-order valence-corrected chi connectivity index (χ2v) is 8.09. The van der Waals surface area contributed by atoms with Crippen molar-refractivity contribution in [2.75, 3.05) is 6.54 Å². The van der Waals surface area contributed by atoms with E-state index in [0.29, 0.717) is 17.9 Å². The molecule has 2 aromatic rings. The van der Waals surface area contributed by atoms with Crippen LogP contribution in [0.15, 0.2) is 41.1 Å². The molecule has 0 saturated heterocycles. The van der Waals surface area contributed by atoms with Gasteiger partial charge >= 0.3 is 6.09 Å². The number of rotatable bonds is 7. The molecule has 0 bridgehead atoms. The Morgan fingerprint density at radius 2 is 2.00 bits per heavy atom. The van der Waals surface area contributed by atoms with Gasteiger partial charge in [-0.1, -0.05) is 44.2 Å². The molecule has 9 nitrogen and oxygen atoms in total. The van der Waals surface area contributed by atoms with Crippen LogP contribution in [-0.4, -0.2) is 41.1 Å². The smallest absolute Gasteiger partial charge is 0.408 e. The van der Waals surface area contributed by atoms with Crippen molar-refractivity contribution in [2.45, 2.75) is 45.8 Å². The van der Waals surface area contributed by atoms with E-state index in [2.05, 4.69) is 15.6 Å². The molecule has 1 aliphatic heterocycles. The number of carbonyl (C=O) groups excluding carboxylic acids is 4. The maximum Gasteiger partial charge on any atom is 0.408 e. The van der Waals surface area contributed by atoms with E-state index < -0.39 is 29.7 Å². The highest BCUT2D eigenvalue weighted by Gasteiger charge is 2.34. The normalized spacial score (nSPS) is 17.4. The molecule has 1 aliphatic rings. The number of Topliss-reactive ketones (excluding diaryl/α,β-unsaturated/α-hetero) is 2. The minimum Gasteiger partial charge on any atom is -0.448 e. The lowest BCUT2D eigenvalue weighted by molar-refractivity contribution is -0.141.